The molecule has 0 heterocycles. The van der Waals surface area contributed by atoms with Crippen LogP contribution in [0.1, 0.15) is 162 Å². The summed E-state index contributed by atoms with van der Waals surface area (Å²) in [4.78, 5) is 131. The standard InChI is InChI=1S/C65H80N6O11S.C24H24ClNO2/c1-45(72)37-38-52(46(2)73)70-63(81)71-53(62(80)82-64(3,4)5)39-40-57(74)66-41-25-8-6-7-24-36-58(75)67-54(42-47-26-14-9-15-27-47)59(76)68-55(43-48-28-16-10-17-29-48)60(77)69-56(61(78)79)44-83-65(49-30-18-11-19-31-49,50-32-20-12-21-33-50)51-34-22-13-23-35-51;1-3-22(26)23(27)28-24(18-9-5-4-6-10-18,19-15-13-17(2)14-16-19)20-11-7-8-12-21(20)25/h9-23,26-35,52-56H,6-8,24-25,36-44H2,1-5H3,(H,66,74)(H,67,75)(H,68,76)(H,69,77)(H,78,79)(H2,70,71,81);4-16,22H,3,26H2,1-2H3/t52-,53-,54-,55-,56?;/m0./s1. The van der Waals surface area contributed by atoms with E-state index in [0.29, 0.717) is 42.8 Å². The molecule has 8 aromatic rings. The molecule has 0 bridgehead atoms. The SMILES string of the molecule is CC(=O)CC[C@H](NC(=O)N[C@@H](CCC(=O)NCCCCCCCC(=O)N[C@@H](Cc1ccccc1)C(=O)N[C@@H](Cc1ccccc1)C(=O)NC(CSC(c1ccccc1)(c1ccccc1)c1ccccc1)C(=O)O)C(=O)OC(C)(C)C)C(C)=O.CCC(N)C(=O)OC(c1ccccc1)(c1ccc(C)cc1)c1ccccc1Cl. The second kappa shape index (κ2) is 44.2. The minimum absolute atomic E-state index is 0.0392. The van der Waals surface area contributed by atoms with Crippen molar-refractivity contribution in [2.75, 3.05) is 12.3 Å². The number of unbranched alkanes of at least 4 members (excludes halogenated alkanes) is 4. The minimum Gasteiger partial charge on any atom is -0.480 e. The van der Waals surface area contributed by atoms with Gasteiger partial charge >= 0.3 is 23.9 Å². The Morgan fingerprint density at radius 1 is 0.468 bits per heavy atom. The minimum atomic E-state index is -1.38. The van der Waals surface area contributed by atoms with Crippen molar-refractivity contribution in [1.29, 1.82) is 0 Å². The third-order valence-electron chi connectivity index (χ3n) is 18.5. The lowest BCUT2D eigenvalue weighted by molar-refractivity contribution is -0.157. The van der Waals surface area contributed by atoms with Gasteiger partial charge in [-0.25, -0.2) is 14.4 Å². The number of esters is 2. The molecule has 7 atom stereocenters. The average Bonchev–Trinajstić information content (AvgIpc) is 0.748. The van der Waals surface area contributed by atoms with Gasteiger partial charge in [-0.05, 0) is 108 Å². The van der Waals surface area contributed by atoms with Gasteiger partial charge < -0.3 is 57.0 Å². The predicted octanol–water partition coefficient (Wildman–Crippen LogP) is 13.5. The van der Waals surface area contributed by atoms with Crippen LogP contribution in [-0.4, -0.2) is 118 Å². The lowest BCUT2D eigenvalue weighted by Crippen LogP contribution is -2.57. The molecule has 0 aliphatic heterocycles. The number of ketones is 2. The average molecular weight is 1550 g/mol. The number of nitrogens with two attached hydrogens (primary N) is 1. The number of rotatable bonds is 40. The van der Waals surface area contributed by atoms with Gasteiger partial charge in [0.15, 0.2) is 11.4 Å². The number of benzene rings is 8. The van der Waals surface area contributed by atoms with Crippen molar-refractivity contribution in [3.05, 3.63) is 286 Å². The Balaban J connectivity index is 0.000000507. The van der Waals surface area contributed by atoms with Crippen LogP contribution in [0.25, 0.3) is 0 Å². The van der Waals surface area contributed by atoms with E-state index in [1.807, 2.05) is 238 Å². The maximum absolute atomic E-state index is 14.5. The van der Waals surface area contributed by atoms with Crippen LogP contribution in [0.2, 0.25) is 5.02 Å². The van der Waals surface area contributed by atoms with E-state index >= 15 is 0 Å². The number of thioether (sulfide) groups is 1. The number of ether oxygens (including phenoxy) is 2. The molecule has 0 spiro atoms. The normalized spacial score (nSPS) is 13.4. The molecule has 0 saturated carbocycles. The number of hydrogen-bond acceptors (Lipinski definition) is 14. The quantitative estimate of drug-likeness (QED) is 0.0101. The molecule has 0 aliphatic carbocycles. The molecule has 20 nitrogen and oxygen atoms in total. The Morgan fingerprint density at radius 2 is 0.910 bits per heavy atom. The summed E-state index contributed by atoms with van der Waals surface area (Å²) in [5.74, 6) is -5.00. The summed E-state index contributed by atoms with van der Waals surface area (Å²) in [5, 5.41) is 27.7. The Morgan fingerprint density at radius 3 is 1.40 bits per heavy atom. The molecule has 0 saturated heterocycles. The highest BCUT2D eigenvalue weighted by molar-refractivity contribution is 8.00. The Hall–Kier alpha value is -10.7. The van der Waals surface area contributed by atoms with Crippen LogP contribution in [0.3, 0.4) is 0 Å². The van der Waals surface area contributed by atoms with E-state index in [9.17, 15) is 53.1 Å². The van der Waals surface area contributed by atoms with Crippen molar-refractivity contribution in [2.24, 2.45) is 5.73 Å². The second-order valence-corrected chi connectivity index (χ2v) is 30.0. The summed E-state index contributed by atoms with van der Waals surface area (Å²) >= 11 is 8.00. The molecule has 111 heavy (non-hydrogen) atoms. The molecule has 3 unspecified atom stereocenters. The van der Waals surface area contributed by atoms with E-state index in [-0.39, 0.29) is 74.1 Å². The fraction of sp³-hybridized carbons (Fsp3) is 0.348. The number of aliphatic carboxylic acids is 1. The number of urea groups is 1. The number of Topliss-reactive ketones (excluding diaryl/α,β-unsaturated/α-hetero) is 2. The number of aryl methyl sites for hydroxylation is 1. The monoisotopic (exact) mass is 1550 g/mol. The highest BCUT2D eigenvalue weighted by Crippen LogP contribution is 2.49. The van der Waals surface area contributed by atoms with Gasteiger partial charge in [-0.3, -0.25) is 28.8 Å². The molecule has 8 rings (SSSR count). The summed E-state index contributed by atoms with van der Waals surface area (Å²) < 4.78 is 10.8. The van der Waals surface area contributed by atoms with Crippen molar-refractivity contribution < 1.29 is 62.5 Å². The summed E-state index contributed by atoms with van der Waals surface area (Å²) in [6, 6.07) is 65.4. The highest BCUT2D eigenvalue weighted by Gasteiger charge is 2.44. The molecule has 0 aromatic heterocycles. The summed E-state index contributed by atoms with van der Waals surface area (Å²) in [5.41, 5.74) is 11.6. The van der Waals surface area contributed by atoms with Gasteiger partial charge in [-0.15, -0.1) is 11.8 Å². The molecule has 6 amide bonds. The summed E-state index contributed by atoms with van der Waals surface area (Å²) in [7, 11) is 0. The number of halogens is 1. The van der Waals surface area contributed by atoms with Crippen molar-refractivity contribution in [3.63, 3.8) is 0 Å². The lowest BCUT2D eigenvalue weighted by Gasteiger charge is -2.36. The third-order valence-corrected chi connectivity index (χ3v) is 20.5. The van der Waals surface area contributed by atoms with Crippen LogP contribution in [0.4, 0.5) is 4.79 Å². The zero-order valence-corrected chi connectivity index (χ0v) is 65.8. The topological polar surface area (TPSA) is 308 Å². The Labute approximate surface area is 661 Å². The van der Waals surface area contributed by atoms with E-state index in [2.05, 4.69) is 31.9 Å². The van der Waals surface area contributed by atoms with E-state index < -0.39 is 88.0 Å². The fourth-order valence-corrected chi connectivity index (χ4v) is 14.4. The second-order valence-electron chi connectivity index (χ2n) is 28.4. The zero-order valence-electron chi connectivity index (χ0n) is 64.2. The predicted molar refractivity (Wildman–Crippen MR) is 434 cm³/mol. The fourth-order valence-electron chi connectivity index (χ4n) is 12.6. The number of amides is 6. The molecule has 586 valence electrons. The zero-order chi connectivity index (χ0) is 80.4. The first-order valence-electron chi connectivity index (χ1n) is 37.7. The lowest BCUT2D eigenvalue weighted by atomic mass is 9.79. The number of carboxylic acids is 1. The van der Waals surface area contributed by atoms with Gasteiger partial charge in [0.05, 0.1) is 10.8 Å². The Kier molecular flexibility index (Phi) is 34.8. The van der Waals surface area contributed by atoms with Gasteiger partial charge in [0.1, 0.15) is 41.6 Å². The number of hydrogen-bond donors (Lipinski definition) is 8. The van der Waals surface area contributed by atoms with Gasteiger partial charge in [-0.1, -0.05) is 268 Å². The van der Waals surface area contributed by atoms with E-state index in [0.717, 1.165) is 57.3 Å². The van der Waals surface area contributed by atoms with Gasteiger partial charge in [0.25, 0.3) is 0 Å². The number of carbonyl (C=O) groups is 10. The summed E-state index contributed by atoms with van der Waals surface area (Å²) in [6.07, 6.45) is 4.13. The molecular weight excluding hydrogens is 1440 g/mol. The van der Waals surface area contributed by atoms with Gasteiger partial charge in [-0.2, -0.15) is 0 Å². The van der Waals surface area contributed by atoms with Crippen molar-refractivity contribution >= 4 is 82.5 Å². The third kappa shape index (κ3) is 27.4. The Bertz CT molecular complexity index is 4220. The number of carboxylic acid groups (broad SMARTS) is 1. The van der Waals surface area contributed by atoms with E-state index in [1.165, 1.54) is 25.6 Å². The molecular formula is C89H104ClN7O13S. The summed E-state index contributed by atoms with van der Waals surface area (Å²) in [6.45, 7) is 11.9. The molecule has 22 heteroatoms. The smallest absolute Gasteiger partial charge is 0.329 e. The maximum Gasteiger partial charge on any atom is 0.329 e. The first-order valence-corrected chi connectivity index (χ1v) is 39.0. The van der Waals surface area contributed by atoms with Crippen LogP contribution < -0.4 is 37.6 Å². The maximum atomic E-state index is 14.5. The molecule has 0 aliphatic rings. The highest BCUT2D eigenvalue weighted by atomic mass is 35.5. The van der Waals surface area contributed by atoms with Crippen molar-refractivity contribution in [1.82, 2.24) is 31.9 Å². The van der Waals surface area contributed by atoms with Gasteiger partial charge in [0, 0.05) is 66.1 Å². The van der Waals surface area contributed by atoms with Crippen molar-refractivity contribution in [2.45, 2.75) is 184 Å². The molecule has 9 N–H and O–H groups in total. The molecule has 8 aromatic carbocycles. The van der Waals surface area contributed by atoms with Crippen LogP contribution in [0, 0.1) is 6.92 Å². The van der Waals surface area contributed by atoms with Gasteiger partial charge in [0.2, 0.25) is 23.6 Å². The van der Waals surface area contributed by atoms with Crippen LogP contribution in [-0.2, 0) is 75.8 Å². The first kappa shape index (κ1) is 87.5. The van der Waals surface area contributed by atoms with Crippen LogP contribution in [0.15, 0.2) is 231 Å². The van der Waals surface area contributed by atoms with Crippen molar-refractivity contribution in [3.8, 4) is 0 Å². The molecule has 0 fully saturated rings. The number of carbonyl (C=O) groups excluding carboxylic acids is 9. The van der Waals surface area contributed by atoms with Crippen LogP contribution in [0.5, 0.6) is 0 Å². The van der Waals surface area contributed by atoms with E-state index in [4.69, 9.17) is 26.8 Å². The van der Waals surface area contributed by atoms with E-state index in [1.54, 1.807) is 26.8 Å². The first-order chi connectivity index (χ1) is 53.2. The molecule has 0 radical (unpaired) electrons. The van der Waals surface area contributed by atoms with Crippen LogP contribution >= 0.6 is 23.4 Å². The largest absolute Gasteiger partial charge is 0.480 e. The number of nitrogens with one attached hydrogen (secondary N) is 6.